The van der Waals surface area contributed by atoms with Gasteiger partial charge in [-0.2, -0.15) is 0 Å². The Balaban J connectivity index is 1.57. The molecule has 2 amide bonds. The van der Waals surface area contributed by atoms with E-state index in [2.05, 4.69) is 5.32 Å². The molecule has 0 aromatic heterocycles. The maximum Gasteiger partial charge on any atom is 0.269 e. The van der Waals surface area contributed by atoms with E-state index in [4.69, 9.17) is 23.2 Å². The summed E-state index contributed by atoms with van der Waals surface area (Å²) in [6, 6.07) is 20.5. The molecule has 3 aromatic carbocycles. The van der Waals surface area contributed by atoms with Gasteiger partial charge in [0.15, 0.2) is 0 Å². The Morgan fingerprint density at radius 2 is 1.68 bits per heavy atom. The fourth-order valence-corrected chi connectivity index (χ4v) is 6.32. The van der Waals surface area contributed by atoms with Crippen molar-refractivity contribution in [1.29, 1.82) is 0 Å². The van der Waals surface area contributed by atoms with Crippen LogP contribution in [0.25, 0.3) is 0 Å². The molecule has 1 aliphatic rings. The number of nitro benzene ring substituents is 1. The van der Waals surface area contributed by atoms with Gasteiger partial charge in [0.25, 0.3) is 5.69 Å². The van der Waals surface area contributed by atoms with Crippen molar-refractivity contribution in [3.63, 3.8) is 0 Å². The Labute approximate surface area is 254 Å². The summed E-state index contributed by atoms with van der Waals surface area (Å²) in [6.07, 6.45) is 5.57. The highest BCUT2D eigenvalue weighted by Gasteiger charge is 2.32. The number of thioether (sulfide) groups is 1. The molecule has 7 nitrogen and oxygen atoms in total. The van der Waals surface area contributed by atoms with E-state index in [1.165, 1.54) is 30.3 Å². The lowest BCUT2D eigenvalue weighted by Crippen LogP contribution is -2.53. The maximum atomic E-state index is 13.9. The number of hydrogen-bond donors (Lipinski definition) is 1. The van der Waals surface area contributed by atoms with Gasteiger partial charge in [-0.05, 0) is 41.7 Å². The van der Waals surface area contributed by atoms with E-state index >= 15 is 0 Å². The van der Waals surface area contributed by atoms with Gasteiger partial charge in [0.2, 0.25) is 11.8 Å². The van der Waals surface area contributed by atoms with Gasteiger partial charge in [0.1, 0.15) is 6.04 Å². The highest BCUT2D eigenvalue weighted by molar-refractivity contribution is 7.99. The zero-order valence-corrected chi connectivity index (χ0v) is 25.0. The molecular weight excluding hydrogens is 581 g/mol. The first-order valence-corrected chi connectivity index (χ1v) is 15.6. The summed E-state index contributed by atoms with van der Waals surface area (Å²) in [5, 5.41) is 15.1. The Bertz CT molecular complexity index is 1330. The molecule has 1 saturated carbocycles. The van der Waals surface area contributed by atoms with Crippen molar-refractivity contribution in [1.82, 2.24) is 10.2 Å². The fourth-order valence-electron chi connectivity index (χ4n) is 4.98. The van der Waals surface area contributed by atoms with Gasteiger partial charge < -0.3 is 10.2 Å². The van der Waals surface area contributed by atoms with Crippen LogP contribution in [0.2, 0.25) is 10.0 Å². The topological polar surface area (TPSA) is 92.6 Å². The summed E-state index contributed by atoms with van der Waals surface area (Å²) in [5.41, 5.74) is 2.55. The lowest BCUT2D eigenvalue weighted by molar-refractivity contribution is -0.384. The number of carbonyl (C=O) groups excluding carboxylic acids is 2. The number of halogens is 2. The van der Waals surface area contributed by atoms with Gasteiger partial charge in [0.05, 0.1) is 10.7 Å². The number of nitrogens with one attached hydrogen (secondary N) is 1. The quantitative estimate of drug-likeness (QED) is 0.172. The maximum absolute atomic E-state index is 13.9. The zero-order chi connectivity index (χ0) is 29.2. The van der Waals surface area contributed by atoms with E-state index in [0.29, 0.717) is 27.8 Å². The molecule has 1 N–H and O–H groups in total. The monoisotopic (exact) mass is 613 g/mol. The van der Waals surface area contributed by atoms with Crippen LogP contribution in [0.1, 0.15) is 48.8 Å². The van der Waals surface area contributed by atoms with Crippen molar-refractivity contribution in [3.05, 3.63) is 110 Å². The number of non-ortho nitro benzene ring substituents is 1. The minimum Gasteiger partial charge on any atom is -0.352 e. The average Bonchev–Trinajstić information content (AvgIpc) is 2.97. The van der Waals surface area contributed by atoms with Crippen molar-refractivity contribution < 1.29 is 14.5 Å². The van der Waals surface area contributed by atoms with Crippen LogP contribution < -0.4 is 5.32 Å². The predicted octanol–water partition coefficient (Wildman–Crippen LogP) is 7.22. The molecule has 0 radical (unpaired) electrons. The third-order valence-electron chi connectivity index (χ3n) is 7.22. The largest absolute Gasteiger partial charge is 0.352 e. The number of nitrogens with zero attached hydrogens (tertiary/aromatic N) is 2. The van der Waals surface area contributed by atoms with E-state index in [-0.39, 0.29) is 35.8 Å². The summed E-state index contributed by atoms with van der Waals surface area (Å²) in [7, 11) is 0. The Morgan fingerprint density at radius 3 is 2.34 bits per heavy atom. The van der Waals surface area contributed by atoms with E-state index in [9.17, 15) is 19.7 Å². The van der Waals surface area contributed by atoms with Crippen LogP contribution in [0.5, 0.6) is 0 Å². The van der Waals surface area contributed by atoms with Gasteiger partial charge in [-0.3, -0.25) is 19.7 Å². The third-order valence-corrected chi connectivity index (χ3v) is 8.80. The molecule has 3 aromatic rings. The first-order chi connectivity index (χ1) is 19.8. The second-order valence-corrected chi connectivity index (χ2v) is 12.1. The predicted molar refractivity (Wildman–Crippen MR) is 165 cm³/mol. The van der Waals surface area contributed by atoms with E-state index in [1.54, 1.807) is 35.2 Å². The van der Waals surface area contributed by atoms with Gasteiger partial charge in [-0.15, -0.1) is 11.8 Å². The van der Waals surface area contributed by atoms with Crippen LogP contribution in [-0.4, -0.2) is 39.5 Å². The fraction of sp³-hybridized carbons (Fsp3) is 0.355. The number of amides is 2. The SMILES string of the molecule is O=C(NC1CCCCC1)C(Cc1ccccc1)N(Cc1ccc(Cl)cc1Cl)C(=O)CSCc1ccc([N+](=O)[O-])cc1. The van der Waals surface area contributed by atoms with Crippen LogP contribution in [0.4, 0.5) is 5.69 Å². The smallest absolute Gasteiger partial charge is 0.269 e. The molecule has 4 rings (SSSR count). The Morgan fingerprint density at radius 1 is 0.976 bits per heavy atom. The van der Waals surface area contributed by atoms with Crippen LogP contribution in [0.3, 0.4) is 0 Å². The normalized spacial score (nSPS) is 14.3. The summed E-state index contributed by atoms with van der Waals surface area (Å²) in [5.74, 6) is 0.267. The molecule has 0 saturated heterocycles. The van der Waals surface area contributed by atoms with Crippen molar-refractivity contribution in [2.45, 2.75) is 62.9 Å². The molecule has 0 heterocycles. The molecule has 10 heteroatoms. The van der Waals surface area contributed by atoms with Gasteiger partial charge in [0, 0.05) is 46.9 Å². The first kappa shape index (κ1) is 30.9. The molecule has 1 unspecified atom stereocenters. The molecule has 1 aliphatic carbocycles. The Kier molecular flexibility index (Phi) is 11.5. The lowest BCUT2D eigenvalue weighted by Gasteiger charge is -2.33. The molecular formula is C31H33Cl2N3O4S. The molecule has 41 heavy (non-hydrogen) atoms. The molecule has 0 spiro atoms. The standard InChI is InChI=1S/C31H33Cl2N3O4S/c32-25-14-13-24(28(33)18-25)19-35(30(37)21-41-20-23-11-15-27(16-12-23)36(39)40)29(17-22-7-3-1-4-8-22)31(38)34-26-9-5-2-6-10-26/h1,3-4,7-8,11-16,18,26,29H,2,5-6,9-10,17,19-21H2,(H,34,38). The zero-order valence-electron chi connectivity index (χ0n) is 22.6. The number of benzene rings is 3. The first-order valence-electron chi connectivity index (χ1n) is 13.7. The van der Waals surface area contributed by atoms with Gasteiger partial charge >= 0.3 is 0 Å². The molecule has 0 bridgehead atoms. The molecule has 1 fully saturated rings. The lowest BCUT2D eigenvalue weighted by atomic mass is 9.94. The molecule has 0 aliphatic heterocycles. The van der Waals surface area contributed by atoms with Crippen LogP contribution in [0.15, 0.2) is 72.8 Å². The van der Waals surface area contributed by atoms with Crippen LogP contribution in [-0.2, 0) is 28.3 Å². The summed E-state index contributed by atoms with van der Waals surface area (Å²) >= 11 is 14.0. The molecule has 216 valence electrons. The van der Waals surface area contributed by atoms with Crippen LogP contribution >= 0.6 is 35.0 Å². The van der Waals surface area contributed by atoms with Crippen molar-refractivity contribution in [2.24, 2.45) is 0 Å². The highest BCUT2D eigenvalue weighted by atomic mass is 35.5. The van der Waals surface area contributed by atoms with Gasteiger partial charge in [-0.25, -0.2) is 0 Å². The number of carbonyl (C=O) groups is 2. The molecule has 1 atom stereocenters. The minimum atomic E-state index is -0.737. The van der Waals surface area contributed by atoms with Crippen molar-refractivity contribution in [2.75, 3.05) is 5.75 Å². The average molecular weight is 615 g/mol. The van der Waals surface area contributed by atoms with E-state index < -0.39 is 11.0 Å². The van der Waals surface area contributed by atoms with E-state index in [0.717, 1.165) is 36.8 Å². The highest BCUT2D eigenvalue weighted by Crippen LogP contribution is 2.26. The summed E-state index contributed by atoms with van der Waals surface area (Å²) in [4.78, 5) is 39.9. The van der Waals surface area contributed by atoms with Gasteiger partial charge in [-0.1, -0.05) is 91.0 Å². The summed E-state index contributed by atoms with van der Waals surface area (Å²) in [6.45, 7) is 0.155. The van der Waals surface area contributed by atoms with E-state index in [1.807, 2.05) is 30.3 Å². The second-order valence-electron chi connectivity index (χ2n) is 10.2. The van der Waals surface area contributed by atoms with Crippen LogP contribution in [0, 0.1) is 10.1 Å². The van der Waals surface area contributed by atoms with Crippen molar-refractivity contribution in [3.8, 4) is 0 Å². The third kappa shape index (κ3) is 9.21. The number of nitro groups is 1. The van der Waals surface area contributed by atoms with Crippen molar-refractivity contribution >= 4 is 52.5 Å². The number of rotatable bonds is 12. The second kappa shape index (κ2) is 15.2. The summed E-state index contributed by atoms with van der Waals surface area (Å²) < 4.78 is 0. The Hall–Kier alpha value is -3.07. The number of hydrogen-bond acceptors (Lipinski definition) is 5. The minimum absolute atomic E-state index is 0.0218.